The predicted octanol–water partition coefficient (Wildman–Crippen LogP) is 3.72. The molecule has 0 aliphatic carbocycles. The molecule has 0 saturated heterocycles. The average molecular weight is 415 g/mol. The van der Waals surface area contributed by atoms with Crippen LogP contribution < -0.4 is 10.6 Å². The third kappa shape index (κ3) is 7.62. The predicted molar refractivity (Wildman–Crippen MR) is 115 cm³/mol. The van der Waals surface area contributed by atoms with Crippen molar-refractivity contribution in [3.63, 3.8) is 0 Å². The first-order valence-corrected chi connectivity index (χ1v) is 10.3. The summed E-state index contributed by atoms with van der Waals surface area (Å²) in [6.45, 7) is 7.27. The van der Waals surface area contributed by atoms with Crippen LogP contribution in [-0.4, -0.2) is 36.2 Å². The number of rotatable bonds is 8. The summed E-state index contributed by atoms with van der Waals surface area (Å²) in [6.07, 6.45) is 0. The van der Waals surface area contributed by atoms with Crippen LogP contribution in [0.25, 0.3) is 0 Å². The van der Waals surface area contributed by atoms with Crippen molar-refractivity contribution in [2.75, 3.05) is 17.7 Å². The van der Waals surface area contributed by atoms with Crippen molar-refractivity contribution in [2.45, 2.75) is 38.6 Å². The Morgan fingerprint density at radius 2 is 1.66 bits per heavy atom. The summed E-state index contributed by atoms with van der Waals surface area (Å²) in [4.78, 5) is 37.0. The van der Waals surface area contributed by atoms with Crippen LogP contribution in [0.4, 0.5) is 5.69 Å². The molecular weight excluding hydrogens is 388 g/mol. The van der Waals surface area contributed by atoms with Gasteiger partial charge in [0.2, 0.25) is 5.91 Å². The van der Waals surface area contributed by atoms with Gasteiger partial charge in [0.25, 0.3) is 5.91 Å². The Kier molecular flexibility index (Phi) is 8.27. The summed E-state index contributed by atoms with van der Waals surface area (Å²) in [6, 6.07) is 12.6. The van der Waals surface area contributed by atoms with E-state index in [1.165, 1.54) is 11.8 Å². The molecule has 0 radical (unpaired) electrons. The molecule has 0 spiro atoms. The van der Waals surface area contributed by atoms with Crippen molar-refractivity contribution in [3.05, 3.63) is 59.2 Å². The largest absolute Gasteiger partial charge is 0.452 e. The summed E-state index contributed by atoms with van der Waals surface area (Å²) < 4.78 is 5.17. The molecule has 2 aromatic carbocycles. The van der Waals surface area contributed by atoms with Gasteiger partial charge in [-0.3, -0.25) is 9.59 Å². The number of hydrogen-bond donors (Lipinski definition) is 2. The van der Waals surface area contributed by atoms with Crippen molar-refractivity contribution in [2.24, 2.45) is 0 Å². The summed E-state index contributed by atoms with van der Waals surface area (Å²) >= 11 is 1.25. The van der Waals surface area contributed by atoms with Gasteiger partial charge in [0, 0.05) is 16.6 Å². The lowest BCUT2D eigenvalue weighted by atomic mass is 10.1. The van der Waals surface area contributed by atoms with Gasteiger partial charge in [0.05, 0.1) is 11.3 Å². The first kappa shape index (κ1) is 22.5. The molecule has 0 atom stereocenters. The molecule has 0 unspecified atom stereocenters. The number of benzene rings is 2. The second kappa shape index (κ2) is 10.7. The van der Waals surface area contributed by atoms with E-state index in [2.05, 4.69) is 10.6 Å². The highest BCUT2D eigenvalue weighted by Crippen LogP contribution is 2.23. The van der Waals surface area contributed by atoms with Crippen molar-refractivity contribution in [1.29, 1.82) is 0 Å². The molecule has 7 heteroatoms. The smallest absolute Gasteiger partial charge is 0.339 e. The third-order valence-electron chi connectivity index (χ3n) is 3.76. The fourth-order valence-corrected chi connectivity index (χ4v) is 3.57. The lowest BCUT2D eigenvalue weighted by molar-refractivity contribution is -0.119. The molecule has 154 valence electrons. The summed E-state index contributed by atoms with van der Waals surface area (Å²) in [5.74, 6) is -0.936. The summed E-state index contributed by atoms with van der Waals surface area (Å²) in [5, 5.41) is 5.53. The standard InChI is InChI=1S/C22H26N2O4S/c1-14(2)23-21(26)13-29-19-8-6-5-7-18(19)22(27)28-12-20(25)24-17-10-15(3)9-16(4)11-17/h5-11,14H,12-13H2,1-4H3,(H,23,26)(H,24,25). The quantitative estimate of drug-likeness (QED) is 0.508. The number of nitrogens with one attached hydrogen (secondary N) is 2. The number of anilines is 1. The van der Waals surface area contributed by atoms with Crippen molar-refractivity contribution < 1.29 is 19.1 Å². The van der Waals surface area contributed by atoms with E-state index in [1.54, 1.807) is 24.3 Å². The van der Waals surface area contributed by atoms with Crippen molar-refractivity contribution >= 4 is 35.2 Å². The minimum Gasteiger partial charge on any atom is -0.452 e. The molecule has 0 bridgehead atoms. The van der Waals surface area contributed by atoms with Crippen molar-refractivity contribution in [3.8, 4) is 0 Å². The van der Waals surface area contributed by atoms with Crippen LogP contribution in [0.1, 0.15) is 35.3 Å². The van der Waals surface area contributed by atoms with Crippen LogP contribution in [-0.2, 0) is 14.3 Å². The van der Waals surface area contributed by atoms with Gasteiger partial charge in [0.15, 0.2) is 6.61 Å². The Hall–Kier alpha value is -2.80. The van der Waals surface area contributed by atoms with Gasteiger partial charge in [-0.25, -0.2) is 4.79 Å². The van der Waals surface area contributed by atoms with E-state index in [9.17, 15) is 14.4 Å². The highest BCUT2D eigenvalue weighted by atomic mass is 32.2. The van der Waals surface area contributed by atoms with Crippen molar-refractivity contribution in [1.82, 2.24) is 5.32 Å². The lowest BCUT2D eigenvalue weighted by Crippen LogP contribution is -2.31. The highest BCUT2D eigenvalue weighted by molar-refractivity contribution is 8.00. The zero-order chi connectivity index (χ0) is 21.4. The van der Waals surface area contributed by atoms with E-state index in [4.69, 9.17) is 4.74 Å². The Morgan fingerprint density at radius 1 is 1.00 bits per heavy atom. The van der Waals surface area contributed by atoms with Gasteiger partial charge < -0.3 is 15.4 Å². The number of carbonyl (C=O) groups is 3. The lowest BCUT2D eigenvalue weighted by Gasteiger charge is -2.11. The molecule has 0 aliphatic heterocycles. The maximum atomic E-state index is 12.4. The first-order valence-electron chi connectivity index (χ1n) is 9.31. The first-order chi connectivity index (χ1) is 13.7. The minimum absolute atomic E-state index is 0.0546. The molecule has 2 N–H and O–H groups in total. The normalized spacial score (nSPS) is 10.5. The van der Waals surface area contributed by atoms with E-state index in [0.717, 1.165) is 11.1 Å². The van der Waals surface area contributed by atoms with E-state index >= 15 is 0 Å². The molecule has 2 amide bonds. The molecule has 0 aliphatic rings. The Labute approximate surface area is 175 Å². The molecule has 29 heavy (non-hydrogen) atoms. The topological polar surface area (TPSA) is 84.5 Å². The fourth-order valence-electron chi connectivity index (χ4n) is 2.72. The number of esters is 1. The average Bonchev–Trinajstić information content (AvgIpc) is 2.63. The van der Waals surface area contributed by atoms with E-state index in [1.807, 2.05) is 45.9 Å². The zero-order valence-electron chi connectivity index (χ0n) is 17.1. The number of hydrogen-bond acceptors (Lipinski definition) is 5. The number of amides is 2. The SMILES string of the molecule is Cc1cc(C)cc(NC(=O)COC(=O)c2ccccc2SCC(=O)NC(C)C)c1. The molecule has 6 nitrogen and oxygen atoms in total. The fraction of sp³-hybridized carbons (Fsp3) is 0.318. The molecular formula is C22H26N2O4S. The van der Waals surface area contributed by atoms with Crippen LogP contribution in [0.3, 0.4) is 0 Å². The van der Waals surface area contributed by atoms with Crippen LogP contribution in [0.5, 0.6) is 0 Å². The molecule has 0 saturated carbocycles. The zero-order valence-corrected chi connectivity index (χ0v) is 17.9. The minimum atomic E-state index is -0.604. The van der Waals surface area contributed by atoms with Gasteiger partial charge in [-0.05, 0) is 63.1 Å². The van der Waals surface area contributed by atoms with E-state index in [-0.39, 0.29) is 17.7 Å². The highest BCUT2D eigenvalue weighted by Gasteiger charge is 2.16. The second-order valence-electron chi connectivity index (χ2n) is 7.01. The molecule has 2 aromatic rings. The third-order valence-corrected chi connectivity index (χ3v) is 4.83. The molecule has 0 aromatic heterocycles. The van der Waals surface area contributed by atoms with Crippen LogP contribution in [0.2, 0.25) is 0 Å². The van der Waals surface area contributed by atoms with Gasteiger partial charge in [0.1, 0.15) is 0 Å². The van der Waals surface area contributed by atoms with Gasteiger partial charge in [-0.1, -0.05) is 18.2 Å². The summed E-state index contributed by atoms with van der Waals surface area (Å²) in [5.41, 5.74) is 3.05. The second-order valence-corrected chi connectivity index (χ2v) is 8.02. The van der Waals surface area contributed by atoms with Crippen LogP contribution in [0.15, 0.2) is 47.4 Å². The number of aryl methyl sites for hydroxylation is 2. The molecule has 2 rings (SSSR count). The Bertz CT molecular complexity index is 876. The van der Waals surface area contributed by atoms with E-state index < -0.39 is 18.5 Å². The summed E-state index contributed by atoms with van der Waals surface area (Å²) in [7, 11) is 0. The van der Waals surface area contributed by atoms with Gasteiger partial charge in [-0.15, -0.1) is 11.8 Å². The monoisotopic (exact) mass is 414 g/mol. The molecule has 0 fully saturated rings. The van der Waals surface area contributed by atoms with Gasteiger partial charge >= 0.3 is 5.97 Å². The van der Waals surface area contributed by atoms with Crippen LogP contribution in [0, 0.1) is 13.8 Å². The Balaban J connectivity index is 1.93. The molecule has 0 heterocycles. The van der Waals surface area contributed by atoms with Crippen LogP contribution >= 0.6 is 11.8 Å². The van der Waals surface area contributed by atoms with E-state index in [0.29, 0.717) is 16.1 Å². The maximum Gasteiger partial charge on any atom is 0.339 e. The number of thioether (sulfide) groups is 1. The number of carbonyl (C=O) groups excluding carboxylic acids is 3. The Morgan fingerprint density at radius 3 is 2.31 bits per heavy atom. The maximum absolute atomic E-state index is 12.4. The van der Waals surface area contributed by atoms with Gasteiger partial charge in [-0.2, -0.15) is 0 Å². The number of ether oxygens (including phenoxy) is 1.